The van der Waals surface area contributed by atoms with Crippen molar-refractivity contribution in [1.29, 1.82) is 0 Å². The minimum absolute atomic E-state index is 0.0470. The van der Waals surface area contributed by atoms with Gasteiger partial charge in [-0.25, -0.2) is 9.38 Å². The smallest absolute Gasteiger partial charge is 0.194 e. The summed E-state index contributed by atoms with van der Waals surface area (Å²) in [5.74, 6) is 0.714. The van der Waals surface area contributed by atoms with Crippen molar-refractivity contribution in [3.05, 3.63) is 47.5 Å². The first kappa shape index (κ1) is 20.1. The highest BCUT2D eigenvalue weighted by Gasteiger charge is 2.25. The van der Waals surface area contributed by atoms with Crippen molar-refractivity contribution in [2.24, 2.45) is 12.0 Å². The normalized spacial score (nSPS) is 17.6. The van der Waals surface area contributed by atoms with E-state index in [1.165, 1.54) is 6.07 Å². The molecule has 1 aliphatic heterocycles. The van der Waals surface area contributed by atoms with Crippen LogP contribution >= 0.6 is 0 Å². The molecule has 1 aromatic heterocycles. The van der Waals surface area contributed by atoms with Crippen molar-refractivity contribution in [3.63, 3.8) is 0 Å². The summed E-state index contributed by atoms with van der Waals surface area (Å²) < 4.78 is 27.0. The van der Waals surface area contributed by atoms with Crippen molar-refractivity contribution >= 4 is 5.96 Å². The van der Waals surface area contributed by atoms with E-state index in [9.17, 15) is 4.39 Å². The Morgan fingerprint density at radius 1 is 1.43 bits per heavy atom. The third-order valence-electron chi connectivity index (χ3n) is 4.51. The van der Waals surface area contributed by atoms with Gasteiger partial charge in [0.15, 0.2) is 17.5 Å². The first-order valence-electron chi connectivity index (χ1n) is 9.65. The highest BCUT2D eigenvalue weighted by Crippen LogP contribution is 2.22. The van der Waals surface area contributed by atoms with Gasteiger partial charge in [0.2, 0.25) is 0 Å². The van der Waals surface area contributed by atoms with Crippen LogP contribution in [0.25, 0.3) is 0 Å². The van der Waals surface area contributed by atoms with E-state index in [-0.39, 0.29) is 17.7 Å². The number of morpholine rings is 1. The average Bonchev–Trinajstić information content (AvgIpc) is 3.14. The molecule has 1 aromatic carbocycles. The van der Waals surface area contributed by atoms with Gasteiger partial charge in [-0.2, -0.15) is 5.10 Å². The van der Waals surface area contributed by atoms with Crippen LogP contribution in [0, 0.1) is 5.82 Å². The zero-order chi connectivity index (χ0) is 19.9. The number of nitrogens with zero attached hydrogens (tertiary/aromatic N) is 4. The molecule has 8 heteroatoms. The summed E-state index contributed by atoms with van der Waals surface area (Å²) >= 11 is 0. The van der Waals surface area contributed by atoms with Crippen molar-refractivity contribution in [2.45, 2.75) is 26.5 Å². The van der Waals surface area contributed by atoms with E-state index in [1.807, 2.05) is 39.4 Å². The van der Waals surface area contributed by atoms with E-state index < -0.39 is 0 Å². The van der Waals surface area contributed by atoms with Crippen LogP contribution in [0.5, 0.6) is 5.75 Å². The molecule has 1 atom stereocenters. The van der Waals surface area contributed by atoms with Crippen LogP contribution in [-0.4, -0.2) is 53.5 Å². The molecule has 7 nitrogen and oxygen atoms in total. The molecule has 0 saturated carbocycles. The van der Waals surface area contributed by atoms with Crippen LogP contribution in [-0.2, 0) is 18.3 Å². The zero-order valence-corrected chi connectivity index (χ0v) is 16.7. The summed E-state index contributed by atoms with van der Waals surface area (Å²) in [6, 6.07) is 4.98. The number of aryl methyl sites for hydroxylation is 1. The lowest BCUT2D eigenvalue weighted by Crippen LogP contribution is -2.48. The van der Waals surface area contributed by atoms with E-state index >= 15 is 0 Å². The number of rotatable bonds is 6. The molecule has 1 N–H and O–H groups in total. The summed E-state index contributed by atoms with van der Waals surface area (Å²) in [6.07, 6.45) is 3.76. The zero-order valence-electron chi connectivity index (χ0n) is 16.7. The minimum Gasteiger partial charge on any atom is -0.491 e. The minimum atomic E-state index is -0.359. The maximum atomic E-state index is 14.1. The van der Waals surface area contributed by atoms with Crippen LogP contribution in [0.3, 0.4) is 0 Å². The number of aliphatic imine (C=N–C) groups is 1. The molecule has 0 amide bonds. The standard InChI is InChI=1S/C20H28FN5O2/c1-4-22-20(23-11-15-6-7-18(27-5-2)17(21)10-15)26-8-9-28-19(14-26)16-12-24-25(3)13-16/h6-7,10,12-13,19H,4-5,8-9,11,14H2,1-3H3,(H,22,23). The lowest BCUT2D eigenvalue weighted by Gasteiger charge is -2.34. The molecule has 1 fully saturated rings. The first-order valence-corrected chi connectivity index (χ1v) is 9.65. The van der Waals surface area contributed by atoms with Gasteiger partial charge in [0, 0.05) is 31.9 Å². The van der Waals surface area contributed by atoms with Crippen molar-refractivity contribution < 1.29 is 13.9 Å². The molecule has 0 aliphatic carbocycles. The summed E-state index contributed by atoms with van der Waals surface area (Å²) in [7, 11) is 1.89. The second-order valence-corrected chi connectivity index (χ2v) is 6.62. The topological polar surface area (TPSA) is 63.9 Å². The highest BCUT2D eigenvalue weighted by atomic mass is 19.1. The Kier molecular flexibility index (Phi) is 6.86. The van der Waals surface area contributed by atoms with E-state index in [0.717, 1.165) is 30.2 Å². The molecular formula is C20H28FN5O2. The van der Waals surface area contributed by atoms with Gasteiger partial charge in [0.1, 0.15) is 6.10 Å². The van der Waals surface area contributed by atoms with Gasteiger partial charge in [-0.3, -0.25) is 4.68 Å². The van der Waals surface area contributed by atoms with Crippen LogP contribution in [0.1, 0.15) is 31.1 Å². The van der Waals surface area contributed by atoms with Crippen LogP contribution in [0.15, 0.2) is 35.6 Å². The summed E-state index contributed by atoms with van der Waals surface area (Å²) in [5.41, 5.74) is 1.85. The predicted octanol–water partition coefficient (Wildman–Crippen LogP) is 2.50. The number of hydrogen-bond donors (Lipinski definition) is 1. The molecule has 0 spiro atoms. The van der Waals surface area contributed by atoms with Crippen molar-refractivity contribution in [2.75, 3.05) is 32.8 Å². The van der Waals surface area contributed by atoms with Crippen LogP contribution < -0.4 is 10.1 Å². The number of aromatic nitrogens is 2. The van der Waals surface area contributed by atoms with Crippen molar-refractivity contribution in [3.8, 4) is 5.75 Å². The largest absolute Gasteiger partial charge is 0.491 e. The third kappa shape index (κ3) is 5.01. The van der Waals surface area contributed by atoms with E-state index in [2.05, 4.69) is 15.3 Å². The van der Waals surface area contributed by atoms with E-state index in [0.29, 0.717) is 26.3 Å². The highest BCUT2D eigenvalue weighted by molar-refractivity contribution is 5.80. The maximum Gasteiger partial charge on any atom is 0.194 e. The Hall–Kier alpha value is -2.61. The van der Waals surface area contributed by atoms with Crippen LogP contribution in [0.2, 0.25) is 0 Å². The molecule has 28 heavy (non-hydrogen) atoms. The Morgan fingerprint density at radius 2 is 2.29 bits per heavy atom. The molecule has 2 heterocycles. The number of hydrogen-bond acceptors (Lipinski definition) is 4. The van der Waals surface area contributed by atoms with Gasteiger partial charge < -0.3 is 19.7 Å². The Balaban J connectivity index is 1.70. The molecule has 2 aromatic rings. The molecular weight excluding hydrogens is 361 g/mol. The number of halogens is 1. The van der Waals surface area contributed by atoms with Gasteiger partial charge in [-0.1, -0.05) is 6.07 Å². The fraction of sp³-hybridized carbons (Fsp3) is 0.500. The second kappa shape index (κ2) is 9.54. The van der Waals surface area contributed by atoms with Crippen LogP contribution in [0.4, 0.5) is 4.39 Å². The lowest BCUT2D eigenvalue weighted by atomic mass is 10.1. The molecule has 0 radical (unpaired) electrons. The SMILES string of the molecule is CCNC(=NCc1ccc(OCC)c(F)c1)N1CCOC(c2cnn(C)c2)C1. The van der Waals surface area contributed by atoms with Crippen molar-refractivity contribution in [1.82, 2.24) is 20.0 Å². The quantitative estimate of drug-likeness (QED) is 0.608. The summed E-state index contributed by atoms with van der Waals surface area (Å²) in [5, 5.41) is 7.56. The van der Waals surface area contributed by atoms with Gasteiger partial charge in [0.25, 0.3) is 0 Å². The van der Waals surface area contributed by atoms with Gasteiger partial charge >= 0.3 is 0 Å². The van der Waals surface area contributed by atoms with E-state index in [4.69, 9.17) is 14.5 Å². The van der Waals surface area contributed by atoms with Gasteiger partial charge in [-0.05, 0) is 31.5 Å². The molecule has 0 bridgehead atoms. The molecule has 1 unspecified atom stereocenters. The lowest BCUT2D eigenvalue weighted by molar-refractivity contribution is -0.00805. The molecule has 152 valence electrons. The predicted molar refractivity (Wildman–Crippen MR) is 106 cm³/mol. The maximum absolute atomic E-state index is 14.1. The number of benzene rings is 1. The Bertz CT molecular complexity index is 808. The molecule has 3 rings (SSSR count). The van der Waals surface area contributed by atoms with E-state index in [1.54, 1.807) is 10.7 Å². The average molecular weight is 389 g/mol. The number of ether oxygens (including phenoxy) is 2. The monoisotopic (exact) mass is 389 g/mol. The number of nitrogens with one attached hydrogen (secondary N) is 1. The summed E-state index contributed by atoms with van der Waals surface area (Å²) in [6.45, 7) is 7.50. The first-order chi connectivity index (χ1) is 13.6. The Morgan fingerprint density at radius 3 is 2.96 bits per heavy atom. The van der Waals surface area contributed by atoms with Gasteiger partial charge in [0.05, 0.1) is 32.5 Å². The molecule has 1 aliphatic rings. The summed E-state index contributed by atoms with van der Waals surface area (Å²) in [4.78, 5) is 6.88. The Labute approximate surface area is 165 Å². The fourth-order valence-corrected chi connectivity index (χ4v) is 3.16. The third-order valence-corrected chi connectivity index (χ3v) is 4.51. The fourth-order valence-electron chi connectivity index (χ4n) is 3.16. The number of guanidine groups is 1. The second-order valence-electron chi connectivity index (χ2n) is 6.62. The van der Waals surface area contributed by atoms with Gasteiger partial charge in [-0.15, -0.1) is 0 Å². The molecule has 1 saturated heterocycles.